The largest absolute Gasteiger partial charge is 1.00 e. The molecule has 0 saturated carbocycles. The van der Waals surface area contributed by atoms with Crippen LogP contribution in [0.2, 0.25) is 20.1 Å². The number of benzene rings is 4. The maximum absolute atomic E-state index is 11.5. The van der Waals surface area contributed by atoms with Gasteiger partial charge in [-0.15, -0.1) is 0 Å². The van der Waals surface area contributed by atoms with Gasteiger partial charge in [-0.05, 0) is 91.9 Å². The molecule has 0 atom stereocenters. The summed E-state index contributed by atoms with van der Waals surface area (Å²) in [4.78, 5) is 44.7. The first-order valence-corrected chi connectivity index (χ1v) is 26.6. The summed E-state index contributed by atoms with van der Waals surface area (Å²) in [6, 6.07) is 17.7. The monoisotopic (exact) mass is 1130 g/mol. The van der Waals surface area contributed by atoms with Crippen LogP contribution in [0, 0.1) is 0 Å². The van der Waals surface area contributed by atoms with E-state index in [1.165, 1.54) is 82.7 Å². The molecule has 0 spiro atoms. The third kappa shape index (κ3) is 30.5. The van der Waals surface area contributed by atoms with E-state index < -0.39 is 43.6 Å². The van der Waals surface area contributed by atoms with Crippen molar-refractivity contribution < 1.29 is 104 Å². The van der Waals surface area contributed by atoms with Crippen LogP contribution in [0.1, 0.15) is 61.7 Å². The molecule has 0 aliphatic carbocycles. The van der Waals surface area contributed by atoms with E-state index in [1.54, 1.807) is 36.0 Å². The van der Waals surface area contributed by atoms with E-state index in [4.69, 9.17) is 70.5 Å². The zero-order valence-electron chi connectivity index (χ0n) is 39.2. The molecule has 5 rings (SSSR count). The van der Waals surface area contributed by atoms with Crippen LogP contribution < -0.4 is 33.1 Å². The van der Waals surface area contributed by atoms with Crippen LogP contribution in [0.3, 0.4) is 0 Å². The first-order valence-electron chi connectivity index (χ1n) is 19.6. The van der Waals surface area contributed by atoms with Crippen LogP contribution >= 0.6 is 58.2 Å². The molecule has 1 saturated heterocycles. The molecule has 1 aliphatic rings. The molecule has 0 radical (unpaired) electrons. The summed E-state index contributed by atoms with van der Waals surface area (Å²) >= 11 is 24.5. The molecule has 1 aliphatic heterocycles. The number of aromatic carboxylic acids is 1. The molecule has 392 valence electrons. The molecule has 0 amide bonds. The second-order valence-corrected chi connectivity index (χ2v) is 20.7. The number of phenolic OH excluding ortho intramolecular Hbond substituents is 1. The number of carbonyl (C=O) groups is 4. The quantitative estimate of drug-likeness (QED) is 0.0566. The molecule has 71 heavy (non-hydrogen) atoms. The predicted molar refractivity (Wildman–Crippen MR) is 271 cm³/mol. The van der Waals surface area contributed by atoms with Crippen molar-refractivity contribution in [2.45, 2.75) is 20.3 Å². The first-order chi connectivity index (χ1) is 32.0. The van der Waals surface area contributed by atoms with Gasteiger partial charge in [-0.25, -0.2) is 36.0 Å². The Hall–Kier alpha value is -4.11. The standard InChI is InChI=1S/C11H13ClO5S.C11H13ClO3S.C10H11ClO5S.C8H7ClO3.C4H8O.CH4.Li.H2O/c1-16-11(13)9-7-8(12)3-4-10(9)17-5-6-18(2,14)15;1-14-11(13)9-7-8(12)3-4-10(9)15-5-6-16-2;1-17(14,15)5-4-16-9-3-2-7(11)6-8(9)10(12)13;1-12-8(11)6-4-5(9)2-3-7(6)10;1-2-4-5-3-1;;;/h3-4,7H,5-6H2,1-2H3;3-4,7H,5-6H2,1-2H3;2-3,6H,4-5H2,1H3,(H,12,13);2-4,10H,1H3;1-4H2;1H4;;1H2/q;;;;;;+1;/p-1. The minimum Gasteiger partial charge on any atom is -0.870 e. The summed E-state index contributed by atoms with van der Waals surface area (Å²) in [6.07, 6.45) is 6.74. The number of aromatic hydroxyl groups is 1. The van der Waals surface area contributed by atoms with Crippen LogP contribution in [0.25, 0.3) is 0 Å². The Kier molecular flexibility index (Phi) is 37.7. The molecule has 4 aromatic rings. The van der Waals surface area contributed by atoms with Gasteiger partial charge in [0.25, 0.3) is 0 Å². The Bertz CT molecular complexity index is 2490. The fourth-order valence-electron chi connectivity index (χ4n) is 4.72. The zero-order valence-corrected chi connectivity index (χ0v) is 44.7. The third-order valence-corrected chi connectivity index (χ3v) is 11.4. The number of ether oxygens (including phenoxy) is 7. The summed E-state index contributed by atoms with van der Waals surface area (Å²) in [6.45, 7) is 2.41. The van der Waals surface area contributed by atoms with Crippen molar-refractivity contribution in [3.63, 3.8) is 0 Å². The zero-order chi connectivity index (χ0) is 51.5. The fraction of sp³-hybridized carbons (Fsp3) is 0.378. The van der Waals surface area contributed by atoms with Crippen LogP contribution in [0.5, 0.6) is 23.0 Å². The molecule has 3 N–H and O–H groups in total. The van der Waals surface area contributed by atoms with Crippen LogP contribution in [0.4, 0.5) is 0 Å². The van der Waals surface area contributed by atoms with Crippen molar-refractivity contribution in [1.29, 1.82) is 0 Å². The molecule has 4 aromatic carbocycles. The number of esters is 3. The van der Waals surface area contributed by atoms with E-state index >= 15 is 0 Å². The molecular formula is C45H57Cl4LiO18S3. The third-order valence-electron chi connectivity index (χ3n) is 8.03. The van der Waals surface area contributed by atoms with Crippen molar-refractivity contribution in [3.8, 4) is 23.0 Å². The van der Waals surface area contributed by atoms with Gasteiger partial charge in [-0.3, -0.25) is 0 Å². The number of carboxylic acid groups (broad SMARTS) is 1. The van der Waals surface area contributed by atoms with Gasteiger partial charge < -0.3 is 48.8 Å². The van der Waals surface area contributed by atoms with Crippen molar-refractivity contribution in [1.82, 2.24) is 0 Å². The van der Waals surface area contributed by atoms with Crippen LogP contribution in [-0.4, -0.2) is 147 Å². The maximum Gasteiger partial charge on any atom is 1.00 e. The van der Waals surface area contributed by atoms with Crippen LogP contribution in [-0.2, 0) is 38.6 Å². The average molecular weight is 1130 g/mol. The number of rotatable bonds is 16. The van der Waals surface area contributed by atoms with E-state index in [0.29, 0.717) is 33.0 Å². The number of halogens is 4. The van der Waals surface area contributed by atoms with Gasteiger partial charge in [0.05, 0.1) is 39.4 Å². The van der Waals surface area contributed by atoms with E-state index in [0.717, 1.165) is 31.5 Å². The van der Waals surface area contributed by atoms with Crippen molar-refractivity contribution >= 4 is 102 Å². The van der Waals surface area contributed by atoms with Gasteiger partial charge in [0.1, 0.15) is 58.5 Å². The molecule has 26 heteroatoms. The summed E-state index contributed by atoms with van der Waals surface area (Å²) in [7, 11) is -2.44. The molecule has 0 unspecified atom stereocenters. The predicted octanol–water partition coefficient (Wildman–Crippen LogP) is 5.97. The average Bonchev–Trinajstić information content (AvgIpc) is 3.89. The number of thioether (sulfide) groups is 1. The molecule has 1 heterocycles. The second kappa shape index (κ2) is 37.6. The van der Waals surface area contributed by atoms with E-state index in [-0.39, 0.29) is 95.4 Å². The minimum atomic E-state index is -3.13. The van der Waals surface area contributed by atoms with Crippen molar-refractivity contribution in [2.75, 3.05) is 90.4 Å². The van der Waals surface area contributed by atoms with Gasteiger partial charge >= 0.3 is 42.7 Å². The molecule has 0 aromatic heterocycles. The number of sulfone groups is 2. The van der Waals surface area contributed by atoms with Gasteiger partial charge in [-0.2, -0.15) is 11.8 Å². The summed E-state index contributed by atoms with van der Waals surface area (Å²) in [5.74, 6) is -1.53. The molecule has 18 nitrogen and oxygen atoms in total. The Balaban J connectivity index is -0.000000833. The van der Waals surface area contributed by atoms with Gasteiger partial charge in [0.15, 0.2) is 19.7 Å². The number of methoxy groups -OCH3 is 3. The molecule has 0 bridgehead atoms. The number of hydrogen-bond acceptors (Lipinski definition) is 18. The van der Waals surface area contributed by atoms with E-state index in [1.807, 2.05) is 6.26 Å². The fourth-order valence-corrected chi connectivity index (χ4v) is 6.43. The van der Waals surface area contributed by atoms with E-state index in [9.17, 15) is 41.1 Å². The van der Waals surface area contributed by atoms with E-state index in [2.05, 4.69) is 14.2 Å². The van der Waals surface area contributed by atoms with Gasteiger partial charge in [0, 0.05) is 51.6 Å². The van der Waals surface area contributed by atoms with Crippen molar-refractivity contribution in [3.05, 3.63) is 115 Å². The normalized spacial score (nSPS) is 11.0. The minimum absolute atomic E-state index is 0. The summed E-state index contributed by atoms with van der Waals surface area (Å²) in [5, 5.41) is 19.6. The number of hydrogen-bond donors (Lipinski definition) is 2. The summed E-state index contributed by atoms with van der Waals surface area (Å²) < 4.78 is 78.1. The maximum atomic E-state index is 11.5. The first kappa shape index (κ1) is 71.1. The van der Waals surface area contributed by atoms with Gasteiger partial charge in [0.2, 0.25) is 0 Å². The van der Waals surface area contributed by atoms with Gasteiger partial charge in [-0.1, -0.05) is 53.8 Å². The Labute approximate surface area is 451 Å². The second-order valence-electron chi connectivity index (χ2n) is 13.5. The molecule has 1 fully saturated rings. The van der Waals surface area contributed by atoms with Crippen LogP contribution in [0.15, 0.2) is 72.8 Å². The number of carbonyl (C=O) groups excluding carboxylic acids is 3. The topological polar surface area (TPSA) is 272 Å². The summed E-state index contributed by atoms with van der Waals surface area (Å²) in [5.41, 5.74) is 0.505. The SMILES string of the molecule is C.C1CCOC1.COC(=O)c1cc(Cl)ccc1O.COC(=O)c1cc(Cl)ccc1OCCS(C)(=O)=O.COC(=O)c1cc(Cl)ccc1OCCSC.CS(=O)(=O)CCOc1ccc(Cl)cc1C(=O)O.[Li+].[OH-]. The number of phenols is 1. The Morgan fingerprint density at radius 3 is 1.24 bits per heavy atom. The number of carboxylic acids is 1. The molecular weight excluding hydrogens is 1070 g/mol. The van der Waals surface area contributed by atoms with Crippen molar-refractivity contribution in [2.24, 2.45) is 0 Å². The Morgan fingerprint density at radius 1 is 0.592 bits per heavy atom. The smallest absolute Gasteiger partial charge is 0.870 e. The Morgan fingerprint density at radius 2 is 0.915 bits per heavy atom.